The van der Waals surface area contributed by atoms with E-state index >= 15 is 0 Å². The first kappa shape index (κ1) is 9.76. The summed E-state index contributed by atoms with van der Waals surface area (Å²) in [6, 6.07) is 10.5. The van der Waals surface area contributed by atoms with Gasteiger partial charge < -0.3 is 0 Å². The van der Waals surface area contributed by atoms with Gasteiger partial charge >= 0.3 is 0 Å². The van der Waals surface area contributed by atoms with Crippen LogP contribution in [0.2, 0.25) is 0 Å². The molecule has 0 aromatic heterocycles. The lowest BCUT2D eigenvalue weighted by atomic mass is 10.1. The van der Waals surface area contributed by atoms with E-state index in [1.165, 1.54) is 11.1 Å². The Hall–Kier alpha value is -1.33. The van der Waals surface area contributed by atoms with Crippen LogP contribution in [0, 0.1) is 18.3 Å². The summed E-state index contributed by atoms with van der Waals surface area (Å²) in [5, 5.41) is 8.48. The van der Waals surface area contributed by atoms with Gasteiger partial charge in [0.25, 0.3) is 0 Å². The Labute approximate surface area is 79.4 Å². The summed E-state index contributed by atoms with van der Waals surface area (Å²) in [7, 11) is 1.95. The fourth-order valence-electron chi connectivity index (χ4n) is 1.30. The Bertz CT molecular complexity index is 312. The Kier molecular flexibility index (Phi) is 3.48. The molecule has 2 nitrogen and oxygen atoms in total. The molecule has 1 aromatic carbocycles. The molecule has 0 N–H and O–H groups in total. The first-order valence-electron chi connectivity index (χ1n) is 4.33. The van der Waals surface area contributed by atoms with Crippen LogP contribution < -0.4 is 0 Å². The number of aryl methyl sites for hydroxylation is 1. The van der Waals surface area contributed by atoms with Crippen molar-refractivity contribution in [3.8, 4) is 6.07 Å². The van der Waals surface area contributed by atoms with Crippen LogP contribution >= 0.6 is 0 Å². The van der Waals surface area contributed by atoms with E-state index in [0.29, 0.717) is 6.54 Å². The standard InChI is InChI=1S/C11H14N2/c1-10-4-3-5-11(8-10)9-13(2)7-6-12/h3-5,8H,7,9H2,1-2H3. The van der Waals surface area contributed by atoms with Crippen LogP contribution in [-0.2, 0) is 6.54 Å². The molecular formula is C11H14N2. The van der Waals surface area contributed by atoms with E-state index in [1.54, 1.807) is 0 Å². The van der Waals surface area contributed by atoms with Crippen molar-refractivity contribution in [2.75, 3.05) is 13.6 Å². The van der Waals surface area contributed by atoms with Gasteiger partial charge in [0.05, 0.1) is 12.6 Å². The van der Waals surface area contributed by atoms with Gasteiger partial charge in [0.1, 0.15) is 0 Å². The molecule has 0 radical (unpaired) electrons. The third kappa shape index (κ3) is 3.27. The molecule has 0 saturated heterocycles. The third-order valence-electron chi connectivity index (χ3n) is 1.88. The molecule has 0 atom stereocenters. The maximum Gasteiger partial charge on any atom is 0.0866 e. The molecule has 13 heavy (non-hydrogen) atoms. The molecule has 2 heteroatoms. The molecule has 1 rings (SSSR count). The minimum atomic E-state index is 0.480. The van der Waals surface area contributed by atoms with Gasteiger partial charge in [0.2, 0.25) is 0 Å². The second-order valence-electron chi connectivity index (χ2n) is 3.32. The van der Waals surface area contributed by atoms with Crippen molar-refractivity contribution >= 4 is 0 Å². The SMILES string of the molecule is Cc1cccc(CN(C)CC#N)c1. The lowest BCUT2D eigenvalue weighted by Crippen LogP contribution is -2.17. The summed E-state index contributed by atoms with van der Waals surface area (Å²) in [5.41, 5.74) is 2.53. The highest BCUT2D eigenvalue weighted by molar-refractivity contribution is 5.22. The Morgan fingerprint density at radius 3 is 2.85 bits per heavy atom. The van der Waals surface area contributed by atoms with E-state index < -0.39 is 0 Å². The van der Waals surface area contributed by atoms with Crippen LogP contribution in [0.4, 0.5) is 0 Å². The summed E-state index contributed by atoms with van der Waals surface area (Å²) in [6.07, 6.45) is 0. The van der Waals surface area contributed by atoms with Crippen LogP contribution in [0.3, 0.4) is 0 Å². The zero-order valence-electron chi connectivity index (χ0n) is 8.12. The third-order valence-corrected chi connectivity index (χ3v) is 1.88. The van der Waals surface area contributed by atoms with Crippen LogP contribution in [0.5, 0.6) is 0 Å². The van der Waals surface area contributed by atoms with Crippen molar-refractivity contribution in [1.29, 1.82) is 5.26 Å². The van der Waals surface area contributed by atoms with E-state index in [-0.39, 0.29) is 0 Å². The lowest BCUT2D eigenvalue weighted by Gasteiger charge is -2.12. The first-order chi connectivity index (χ1) is 6.22. The number of nitrogens with zero attached hydrogens (tertiary/aromatic N) is 2. The van der Waals surface area contributed by atoms with Gasteiger partial charge in [0.15, 0.2) is 0 Å². The molecule has 0 saturated carbocycles. The summed E-state index contributed by atoms with van der Waals surface area (Å²) in [4.78, 5) is 1.99. The molecule has 0 spiro atoms. The van der Waals surface area contributed by atoms with E-state index in [9.17, 15) is 0 Å². The molecule has 0 aliphatic heterocycles. The molecule has 68 valence electrons. The van der Waals surface area contributed by atoms with E-state index in [4.69, 9.17) is 5.26 Å². The monoisotopic (exact) mass is 174 g/mol. The first-order valence-corrected chi connectivity index (χ1v) is 4.33. The zero-order valence-corrected chi connectivity index (χ0v) is 8.12. The largest absolute Gasteiger partial charge is 0.289 e. The number of hydrogen-bond donors (Lipinski definition) is 0. The number of rotatable bonds is 3. The molecule has 0 aliphatic carbocycles. The van der Waals surface area contributed by atoms with Crippen LogP contribution in [0.25, 0.3) is 0 Å². The Balaban J connectivity index is 2.59. The average molecular weight is 174 g/mol. The molecule has 0 amide bonds. The topological polar surface area (TPSA) is 27.0 Å². The second kappa shape index (κ2) is 4.64. The Morgan fingerprint density at radius 1 is 1.46 bits per heavy atom. The van der Waals surface area contributed by atoms with Gasteiger partial charge in [0, 0.05) is 6.54 Å². The fraction of sp³-hybridized carbons (Fsp3) is 0.364. The highest BCUT2D eigenvalue weighted by Gasteiger charge is 1.98. The summed E-state index contributed by atoms with van der Waals surface area (Å²) in [6.45, 7) is 3.40. The molecule has 0 heterocycles. The number of benzene rings is 1. The van der Waals surface area contributed by atoms with Crippen LogP contribution in [0.15, 0.2) is 24.3 Å². The molecule has 0 aliphatic rings. The fourth-order valence-corrected chi connectivity index (χ4v) is 1.30. The Morgan fingerprint density at radius 2 is 2.23 bits per heavy atom. The summed E-state index contributed by atoms with van der Waals surface area (Å²) in [5.74, 6) is 0. The van der Waals surface area contributed by atoms with Crippen molar-refractivity contribution in [2.24, 2.45) is 0 Å². The van der Waals surface area contributed by atoms with Gasteiger partial charge in [-0.05, 0) is 19.5 Å². The molecule has 0 bridgehead atoms. The number of hydrogen-bond acceptors (Lipinski definition) is 2. The minimum Gasteiger partial charge on any atom is -0.289 e. The number of nitriles is 1. The highest BCUT2D eigenvalue weighted by atomic mass is 15.1. The predicted octanol–water partition coefficient (Wildman–Crippen LogP) is 1.95. The summed E-state index contributed by atoms with van der Waals surface area (Å²) < 4.78 is 0. The minimum absolute atomic E-state index is 0.480. The maximum absolute atomic E-state index is 8.48. The molecule has 1 aromatic rings. The van der Waals surface area contributed by atoms with Gasteiger partial charge in [-0.1, -0.05) is 29.8 Å². The molecule has 0 fully saturated rings. The van der Waals surface area contributed by atoms with Crippen molar-refractivity contribution in [1.82, 2.24) is 4.90 Å². The second-order valence-corrected chi connectivity index (χ2v) is 3.32. The zero-order chi connectivity index (χ0) is 9.68. The van der Waals surface area contributed by atoms with Crippen molar-refractivity contribution < 1.29 is 0 Å². The van der Waals surface area contributed by atoms with Crippen LogP contribution in [0.1, 0.15) is 11.1 Å². The van der Waals surface area contributed by atoms with Gasteiger partial charge in [-0.2, -0.15) is 5.26 Å². The highest BCUT2D eigenvalue weighted by Crippen LogP contribution is 2.05. The van der Waals surface area contributed by atoms with Crippen molar-refractivity contribution in [3.05, 3.63) is 35.4 Å². The lowest BCUT2D eigenvalue weighted by molar-refractivity contribution is 0.367. The normalized spacial score (nSPS) is 10.0. The molecule has 0 unspecified atom stereocenters. The van der Waals surface area contributed by atoms with E-state index in [2.05, 4.69) is 31.2 Å². The van der Waals surface area contributed by atoms with E-state index in [1.807, 2.05) is 18.0 Å². The van der Waals surface area contributed by atoms with E-state index in [0.717, 1.165) is 6.54 Å². The van der Waals surface area contributed by atoms with Gasteiger partial charge in [-0.3, -0.25) is 4.90 Å². The predicted molar refractivity (Wildman–Crippen MR) is 53.1 cm³/mol. The average Bonchev–Trinajstić information content (AvgIpc) is 2.04. The van der Waals surface area contributed by atoms with Crippen LogP contribution in [-0.4, -0.2) is 18.5 Å². The summed E-state index contributed by atoms with van der Waals surface area (Å²) >= 11 is 0. The maximum atomic E-state index is 8.48. The van der Waals surface area contributed by atoms with Gasteiger partial charge in [-0.15, -0.1) is 0 Å². The van der Waals surface area contributed by atoms with Crippen molar-refractivity contribution in [2.45, 2.75) is 13.5 Å². The van der Waals surface area contributed by atoms with Crippen molar-refractivity contribution in [3.63, 3.8) is 0 Å². The quantitative estimate of drug-likeness (QED) is 0.655. The van der Waals surface area contributed by atoms with Gasteiger partial charge in [-0.25, -0.2) is 0 Å². The molecular weight excluding hydrogens is 160 g/mol. The smallest absolute Gasteiger partial charge is 0.0866 e.